The Kier molecular flexibility index (Phi) is 2.56. The number of hydrogen-bond acceptors (Lipinski definition) is 2. The molecule has 1 atom stereocenters. The SMILES string of the molecule is CCC1(C)C(=O)N(Cl)C(C)(C)N1Cl. The predicted molar refractivity (Wildman–Crippen MR) is 53.2 cm³/mol. The highest BCUT2D eigenvalue weighted by atomic mass is 35.5. The monoisotopic (exact) mass is 224 g/mol. The van der Waals surface area contributed by atoms with Gasteiger partial charge in [-0.05, 0) is 39.0 Å². The lowest BCUT2D eigenvalue weighted by molar-refractivity contribution is -0.129. The fourth-order valence-electron chi connectivity index (χ4n) is 1.51. The topological polar surface area (TPSA) is 23.6 Å². The van der Waals surface area contributed by atoms with Crippen LogP contribution < -0.4 is 0 Å². The van der Waals surface area contributed by atoms with Crippen LogP contribution >= 0.6 is 23.6 Å². The van der Waals surface area contributed by atoms with Gasteiger partial charge in [0.2, 0.25) is 0 Å². The molecule has 0 aromatic heterocycles. The number of carbonyl (C=O) groups is 1. The smallest absolute Gasteiger partial charge is 0.260 e. The first-order chi connectivity index (χ1) is 5.78. The number of amides is 1. The Morgan fingerprint density at radius 3 is 1.92 bits per heavy atom. The first-order valence-electron chi connectivity index (χ1n) is 4.25. The maximum atomic E-state index is 11.8. The van der Waals surface area contributed by atoms with E-state index in [1.165, 1.54) is 8.84 Å². The zero-order chi connectivity index (χ0) is 10.4. The minimum absolute atomic E-state index is 0.142. The molecule has 0 bridgehead atoms. The summed E-state index contributed by atoms with van der Waals surface area (Å²) < 4.78 is 2.67. The van der Waals surface area contributed by atoms with Crippen LogP contribution in [0.4, 0.5) is 0 Å². The highest BCUT2D eigenvalue weighted by Gasteiger charge is 2.57. The highest BCUT2D eigenvalue weighted by molar-refractivity contribution is 6.27. The Balaban J connectivity index is 3.13. The molecule has 0 saturated carbocycles. The Morgan fingerprint density at radius 1 is 1.31 bits per heavy atom. The van der Waals surface area contributed by atoms with Gasteiger partial charge in [-0.15, -0.1) is 0 Å². The highest BCUT2D eigenvalue weighted by Crippen LogP contribution is 2.42. The van der Waals surface area contributed by atoms with Crippen LogP contribution in [0.2, 0.25) is 0 Å². The molecule has 1 fully saturated rings. The molecule has 5 heteroatoms. The van der Waals surface area contributed by atoms with Crippen LogP contribution in [0.25, 0.3) is 0 Å². The average molecular weight is 225 g/mol. The number of hydrogen-bond donors (Lipinski definition) is 0. The fraction of sp³-hybridized carbons (Fsp3) is 0.875. The zero-order valence-electron chi connectivity index (χ0n) is 8.27. The molecule has 0 aromatic rings. The van der Waals surface area contributed by atoms with Crippen LogP contribution in [-0.2, 0) is 4.79 Å². The minimum Gasteiger partial charge on any atom is -0.271 e. The summed E-state index contributed by atoms with van der Waals surface area (Å²) in [5, 5.41) is 0. The largest absolute Gasteiger partial charge is 0.271 e. The summed E-state index contributed by atoms with van der Waals surface area (Å²) in [4.78, 5) is 11.8. The first-order valence-corrected chi connectivity index (χ1v) is 4.92. The molecule has 0 aromatic carbocycles. The van der Waals surface area contributed by atoms with Gasteiger partial charge in [-0.25, -0.2) is 4.42 Å². The van der Waals surface area contributed by atoms with Crippen molar-refractivity contribution in [1.29, 1.82) is 0 Å². The summed E-state index contributed by atoms with van der Waals surface area (Å²) in [5.74, 6) is -0.142. The van der Waals surface area contributed by atoms with Crippen molar-refractivity contribution in [3.63, 3.8) is 0 Å². The van der Waals surface area contributed by atoms with Gasteiger partial charge in [0.05, 0.1) is 0 Å². The lowest BCUT2D eigenvalue weighted by Crippen LogP contribution is -2.45. The second-order valence-corrected chi connectivity index (χ2v) is 4.66. The Labute approximate surface area is 88.8 Å². The van der Waals surface area contributed by atoms with Crippen LogP contribution in [0.5, 0.6) is 0 Å². The molecule has 1 saturated heterocycles. The Morgan fingerprint density at radius 2 is 1.77 bits per heavy atom. The van der Waals surface area contributed by atoms with Gasteiger partial charge in [0.25, 0.3) is 5.91 Å². The third kappa shape index (κ3) is 1.25. The summed E-state index contributed by atoms with van der Waals surface area (Å²) in [5.41, 5.74) is -1.32. The number of carbonyl (C=O) groups excluding carboxylic acids is 1. The number of rotatable bonds is 1. The summed E-state index contributed by atoms with van der Waals surface area (Å²) in [7, 11) is 0. The molecule has 0 radical (unpaired) electrons. The van der Waals surface area contributed by atoms with Crippen molar-refractivity contribution in [1.82, 2.24) is 8.84 Å². The van der Waals surface area contributed by atoms with Crippen molar-refractivity contribution in [2.45, 2.75) is 45.3 Å². The van der Waals surface area contributed by atoms with E-state index in [9.17, 15) is 4.79 Å². The van der Waals surface area contributed by atoms with Crippen molar-refractivity contribution >= 4 is 29.5 Å². The number of halogens is 2. The molecule has 13 heavy (non-hydrogen) atoms. The van der Waals surface area contributed by atoms with Crippen molar-refractivity contribution in [3.8, 4) is 0 Å². The zero-order valence-corrected chi connectivity index (χ0v) is 9.78. The van der Waals surface area contributed by atoms with Gasteiger partial charge in [-0.3, -0.25) is 4.79 Å². The van der Waals surface area contributed by atoms with Crippen LogP contribution in [0.15, 0.2) is 0 Å². The van der Waals surface area contributed by atoms with E-state index < -0.39 is 11.2 Å². The second-order valence-electron chi connectivity index (χ2n) is 3.99. The van der Waals surface area contributed by atoms with E-state index in [0.717, 1.165) is 0 Å². The maximum absolute atomic E-state index is 11.8. The molecular formula is C8H14Cl2N2O. The van der Waals surface area contributed by atoms with E-state index in [-0.39, 0.29) is 5.91 Å². The lowest BCUT2D eigenvalue weighted by atomic mass is 9.99. The van der Waals surface area contributed by atoms with Gasteiger partial charge in [0.15, 0.2) is 0 Å². The van der Waals surface area contributed by atoms with E-state index in [1.807, 2.05) is 20.8 Å². The van der Waals surface area contributed by atoms with Crippen LogP contribution in [0, 0.1) is 0 Å². The summed E-state index contributed by atoms with van der Waals surface area (Å²) in [6.07, 6.45) is 0.641. The van der Waals surface area contributed by atoms with Gasteiger partial charge >= 0.3 is 0 Å². The molecule has 1 amide bonds. The van der Waals surface area contributed by atoms with E-state index in [0.29, 0.717) is 6.42 Å². The fourth-order valence-corrected chi connectivity index (χ4v) is 2.08. The van der Waals surface area contributed by atoms with Gasteiger partial charge in [-0.2, -0.15) is 4.42 Å². The van der Waals surface area contributed by atoms with E-state index in [4.69, 9.17) is 23.6 Å². The van der Waals surface area contributed by atoms with Crippen molar-refractivity contribution in [2.75, 3.05) is 0 Å². The molecule has 1 heterocycles. The summed E-state index contributed by atoms with van der Waals surface area (Å²) >= 11 is 12.0. The molecule has 1 unspecified atom stereocenters. The third-order valence-electron chi connectivity index (χ3n) is 2.72. The van der Waals surface area contributed by atoms with Crippen LogP contribution in [0.3, 0.4) is 0 Å². The molecule has 3 nitrogen and oxygen atoms in total. The third-order valence-corrected chi connectivity index (χ3v) is 4.08. The van der Waals surface area contributed by atoms with Gasteiger partial charge < -0.3 is 0 Å². The van der Waals surface area contributed by atoms with E-state index in [2.05, 4.69) is 0 Å². The second kappa shape index (κ2) is 3.01. The maximum Gasteiger partial charge on any atom is 0.260 e. The molecular weight excluding hydrogens is 211 g/mol. The minimum atomic E-state index is -0.688. The molecule has 0 N–H and O–H groups in total. The van der Waals surface area contributed by atoms with Gasteiger partial charge in [0.1, 0.15) is 11.2 Å². The average Bonchev–Trinajstić information content (AvgIpc) is 2.21. The summed E-state index contributed by atoms with van der Waals surface area (Å²) in [6.45, 7) is 7.34. The number of nitrogens with zero attached hydrogens (tertiary/aromatic N) is 2. The summed E-state index contributed by atoms with van der Waals surface area (Å²) in [6, 6.07) is 0. The standard InChI is InChI=1S/C8H14Cl2N2O/c1-5-8(4)6(13)11(9)7(2,3)12(8)10/h5H2,1-4H3. The normalized spacial score (nSPS) is 34.3. The van der Waals surface area contributed by atoms with Gasteiger partial charge in [0, 0.05) is 11.8 Å². The molecule has 1 aliphatic rings. The van der Waals surface area contributed by atoms with Crippen molar-refractivity contribution < 1.29 is 4.79 Å². The first kappa shape index (κ1) is 11.1. The molecule has 1 aliphatic heterocycles. The lowest BCUT2D eigenvalue weighted by Gasteiger charge is -2.32. The van der Waals surface area contributed by atoms with E-state index >= 15 is 0 Å². The van der Waals surface area contributed by atoms with Crippen LogP contribution in [0.1, 0.15) is 34.1 Å². The predicted octanol–water partition coefficient (Wildman–Crippen LogP) is 2.34. The van der Waals surface area contributed by atoms with Crippen molar-refractivity contribution in [2.24, 2.45) is 0 Å². The molecule has 76 valence electrons. The molecule has 0 spiro atoms. The quantitative estimate of drug-likeness (QED) is 0.639. The van der Waals surface area contributed by atoms with E-state index in [1.54, 1.807) is 6.92 Å². The van der Waals surface area contributed by atoms with Gasteiger partial charge in [-0.1, -0.05) is 6.92 Å². The Hall–Kier alpha value is 0.01000. The molecule has 1 rings (SSSR count). The van der Waals surface area contributed by atoms with Crippen molar-refractivity contribution in [3.05, 3.63) is 0 Å². The Bertz CT molecular complexity index is 244. The van der Waals surface area contributed by atoms with Crippen LogP contribution in [-0.4, -0.2) is 25.9 Å². The molecule has 0 aliphatic carbocycles.